The summed E-state index contributed by atoms with van der Waals surface area (Å²) in [5.74, 6) is 5.58. The van der Waals surface area contributed by atoms with Gasteiger partial charge in [-0.15, -0.1) is 0 Å². The van der Waals surface area contributed by atoms with Gasteiger partial charge in [0, 0.05) is 6.08 Å². The molecule has 90 valence electrons. The van der Waals surface area contributed by atoms with E-state index in [1.807, 2.05) is 0 Å². The lowest BCUT2D eigenvalue weighted by atomic mass is 9.94. The lowest BCUT2D eigenvalue weighted by Crippen LogP contribution is -2.50. The Morgan fingerprint density at radius 2 is 2.06 bits per heavy atom. The Bertz CT molecular complexity index is 481. The second-order valence-electron chi connectivity index (χ2n) is 3.45. The molecular formula is C10H11N3O3S. The fraction of sp³-hybridized carbons (Fsp3) is 0.300. The van der Waals surface area contributed by atoms with Gasteiger partial charge in [-0.3, -0.25) is 4.79 Å². The zero-order valence-corrected chi connectivity index (χ0v) is 10.2. The summed E-state index contributed by atoms with van der Waals surface area (Å²) in [5.41, 5.74) is 0.513. The molecule has 0 saturated heterocycles. The Hall–Kier alpha value is -1.73. The summed E-state index contributed by atoms with van der Waals surface area (Å²) in [6.07, 6.45) is 3.24. The molecule has 17 heavy (non-hydrogen) atoms. The van der Waals surface area contributed by atoms with Crippen LogP contribution in [-0.2, 0) is 14.3 Å². The summed E-state index contributed by atoms with van der Waals surface area (Å²) >= 11 is 4.88. The molecule has 1 amide bonds. The van der Waals surface area contributed by atoms with Crippen LogP contribution in [0.25, 0.3) is 0 Å². The molecule has 1 heterocycles. The van der Waals surface area contributed by atoms with Crippen LogP contribution in [0.5, 0.6) is 0 Å². The van der Waals surface area contributed by atoms with Crippen molar-refractivity contribution in [2.24, 2.45) is 16.8 Å². The monoisotopic (exact) mass is 253 g/mol. The number of hydrogen-bond acceptors (Lipinski definition) is 5. The predicted octanol–water partition coefficient (Wildman–Crippen LogP) is 0.119. The van der Waals surface area contributed by atoms with Crippen molar-refractivity contribution in [3.8, 4) is 0 Å². The molecule has 2 aliphatic rings. The molecule has 0 saturated carbocycles. The van der Waals surface area contributed by atoms with Crippen molar-refractivity contribution in [3.63, 3.8) is 0 Å². The second kappa shape index (κ2) is 4.27. The first-order valence-electron chi connectivity index (χ1n) is 4.81. The number of nitrogens with zero attached hydrogens (tertiary/aromatic N) is 2. The molecule has 1 aliphatic carbocycles. The van der Waals surface area contributed by atoms with E-state index in [0.717, 1.165) is 5.01 Å². The first kappa shape index (κ1) is 11.7. The second-order valence-corrected chi connectivity index (χ2v) is 3.82. The van der Waals surface area contributed by atoms with Crippen molar-refractivity contribution in [2.45, 2.75) is 0 Å². The molecule has 0 aromatic carbocycles. The van der Waals surface area contributed by atoms with Gasteiger partial charge in [0.15, 0.2) is 11.5 Å². The zero-order chi connectivity index (χ0) is 12.6. The van der Waals surface area contributed by atoms with Gasteiger partial charge in [-0.2, -0.15) is 0 Å². The van der Waals surface area contributed by atoms with Crippen LogP contribution in [0.15, 0.2) is 28.7 Å². The third-order valence-electron chi connectivity index (χ3n) is 2.53. The van der Waals surface area contributed by atoms with Crippen molar-refractivity contribution < 1.29 is 14.3 Å². The number of allylic oxidation sites excluding steroid dienone is 1. The number of amides is 1. The average molecular weight is 253 g/mol. The maximum atomic E-state index is 11.9. The van der Waals surface area contributed by atoms with E-state index in [9.17, 15) is 4.79 Å². The van der Waals surface area contributed by atoms with Crippen molar-refractivity contribution in [1.29, 1.82) is 0 Å². The van der Waals surface area contributed by atoms with Gasteiger partial charge in [0.25, 0.3) is 5.91 Å². The fourth-order valence-corrected chi connectivity index (χ4v) is 1.85. The summed E-state index contributed by atoms with van der Waals surface area (Å²) in [4.78, 5) is 16.0. The SMILES string of the molecule is COC1=CC2=NC(=S)N(N)C(=O)C2C=C1OC. The number of ether oxygens (including phenoxy) is 2. The number of thiocarbonyl (C=S) groups is 1. The predicted molar refractivity (Wildman–Crippen MR) is 64.7 cm³/mol. The van der Waals surface area contributed by atoms with Crippen molar-refractivity contribution in [3.05, 3.63) is 23.7 Å². The molecular weight excluding hydrogens is 242 g/mol. The number of nitrogens with two attached hydrogens (primary N) is 1. The van der Waals surface area contributed by atoms with Crippen LogP contribution in [0.2, 0.25) is 0 Å². The Balaban J connectivity index is 2.47. The number of rotatable bonds is 2. The highest BCUT2D eigenvalue weighted by Gasteiger charge is 2.35. The van der Waals surface area contributed by atoms with Gasteiger partial charge in [-0.05, 0) is 18.3 Å². The molecule has 0 bridgehead atoms. The molecule has 7 heteroatoms. The molecule has 0 spiro atoms. The van der Waals surface area contributed by atoms with Crippen LogP contribution in [0.1, 0.15) is 0 Å². The molecule has 1 atom stereocenters. The normalized spacial score (nSPS) is 23.6. The van der Waals surface area contributed by atoms with E-state index >= 15 is 0 Å². The van der Waals surface area contributed by atoms with Crippen molar-refractivity contribution in [2.75, 3.05) is 14.2 Å². The number of methoxy groups -OCH3 is 2. The fourth-order valence-electron chi connectivity index (χ4n) is 1.65. The number of hydrazine groups is 1. The first-order chi connectivity index (χ1) is 8.08. The Kier molecular flexibility index (Phi) is 2.95. The highest BCUT2D eigenvalue weighted by Crippen LogP contribution is 2.26. The third kappa shape index (κ3) is 1.83. The third-order valence-corrected chi connectivity index (χ3v) is 2.82. The maximum absolute atomic E-state index is 11.9. The number of aliphatic imine (C=N–C) groups is 1. The highest BCUT2D eigenvalue weighted by molar-refractivity contribution is 7.80. The average Bonchev–Trinajstić information content (AvgIpc) is 2.34. The quantitative estimate of drug-likeness (QED) is 0.429. The minimum atomic E-state index is -0.569. The van der Waals surface area contributed by atoms with E-state index < -0.39 is 5.92 Å². The van der Waals surface area contributed by atoms with Gasteiger partial charge in [0.2, 0.25) is 5.11 Å². The van der Waals surface area contributed by atoms with Crippen molar-refractivity contribution in [1.82, 2.24) is 5.01 Å². The van der Waals surface area contributed by atoms with Gasteiger partial charge in [-0.1, -0.05) is 0 Å². The van der Waals surface area contributed by atoms with Crippen LogP contribution in [-0.4, -0.2) is 36.0 Å². The smallest absolute Gasteiger partial charge is 0.256 e. The van der Waals surface area contributed by atoms with Gasteiger partial charge in [0.1, 0.15) is 5.92 Å². The van der Waals surface area contributed by atoms with E-state index in [2.05, 4.69) is 4.99 Å². The van der Waals surface area contributed by atoms with E-state index in [-0.39, 0.29) is 11.0 Å². The van der Waals surface area contributed by atoms with E-state index in [1.54, 1.807) is 12.2 Å². The highest BCUT2D eigenvalue weighted by atomic mass is 32.1. The van der Waals surface area contributed by atoms with Crippen molar-refractivity contribution >= 4 is 28.9 Å². The lowest BCUT2D eigenvalue weighted by molar-refractivity contribution is -0.128. The van der Waals surface area contributed by atoms with E-state index in [4.69, 9.17) is 27.5 Å². The standard InChI is InChI=1S/C10H11N3O3S/c1-15-7-3-5-6(4-8(7)16-2)12-10(17)13(11)9(5)14/h3-5H,11H2,1-2H3. The topological polar surface area (TPSA) is 77.1 Å². The largest absolute Gasteiger partial charge is 0.493 e. The van der Waals surface area contributed by atoms with Crippen LogP contribution < -0.4 is 5.84 Å². The summed E-state index contributed by atoms with van der Waals surface area (Å²) < 4.78 is 10.3. The summed E-state index contributed by atoms with van der Waals surface area (Å²) in [6, 6.07) is 0. The summed E-state index contributed by atoms with van der Waals surface area (Å²) in [6.45, 7) is 0. The molecule has 0 aromatic heterocycles. The summed E-state index contributed by atoms with van der Waals surface area (Å²) in [5, 5.41) is 0.904. The Labute approximate surface area is 103 Å². The summed E-state index contributed by atoms with van der Waals surface area (Å²) in [7, 11) is 3.01. The maximum Gasteiger partial charge on any atom is 0.256 e. The molecule has 1 aliphatic heterocycles. The van der Waals surface area contributed by atoms with Crippen LogP contribution >= 0.6 is 12.2 Å². The number of carbonyl (C=O) groups is 1. The van der Waals surface area contributed by atoms with Gasteiger partial charge < -0.3 is 9.47 Å². The minimum absolute atomic E-state index is 0.0437. The lowest BCUT2D eigenvalue weighted by Gasteiger charge is -2.28. The van der Waals surface area contributed by atoms with Gasteiger partial charge in [0.05, 0.1) is 19.9 Å². The Morgan fingerprint density at radius 1 is 1.41 bits per heavy atom. The first-order valence-corrected chi connectivity index (χ1v) is 5.22. The molecule has 0 aromatic rings. The molecule has 0 radical (unpaired) electrons. The molecule has 2 N–H and O–H groups in total. The minimum Gasteiger partial charge on any atom is -0.493 e. The van der Waals surface area contributed by atoms with Gasteiger partial charge in [-0.25, -0.2) is 15.8 Å². The molecule has 6 nitrogen and oxygen atoms in total. The van der Waals surface area contributed by atoms with E-state index in [1.165, 1.54) is 14.2 Å². The molecule has 1 unspecified atom stereocenters. The number of carbonyl (C=O) groups excluding carboxylic acids is 1. The number of fused-ring (bicyclic) bond motifs is 1. The zero-order valence-electron chi connectivity index (χ0n) is 9.34. The van der Waals surface area contributed by atoms with Gasteiger partial charge >= 0.3 is 0 Å². The number of hydrogen-bond donors (Lipinski definition) is 1. The molecule has 2 rings (SSSR count). The van der Waals surface area contributed by atoms with E-state index in [0.29, 0.717) is 17.2 Å². The van der Waals surface area contributed by atoms with Crippen LogP contribution in [0.4, 0.5) is 0 Å². The Morgan fingerprint density at radius 3 is 2.65 bits per heavy atom. The van der Waals surface area contributed by atoms with Crippen LogP contribution in [0.3, 0.4) is 0 Å². The van der Waals surface area contributed by atoms with Crippen LogP contribution in [0, 0.1) is 5.92 Å². The molecule has 0 fully saturated rings.